The lowest BCUT2D eigenvalue weighted by Gasteiger charge is -2.16. The summed E-state index contributed by atoms with van der Waals surface area (Å²) in [5.74, 6) is -1.72. The molecule has 1 amide bonds. The first-order valence-electron chi connectivity index (χ1n) is 10.1. The Morgan fingerprint density at radius 3 is 2.19 bits per heavy atom. The molecule has 1 atom stereocenters. The summed E-state index contributed by atoms with van der Waals surface area (Å²) in [4.78, 5) is 41.4. The van der Waals surface area contributed by atoms with Crippen molar-refractivity contribution >= 4 is 28.6 Å². The number of ketones is 1. The molecule has 0 aliphatic rings. The first kappa shape index (κ1) is 20.9. The van der Waals surface area contributed by atoms with Gasteiger partial charge in [0.15, 0.2) is 5.78 Å². The van der Waals surface area contributed by atoms with E-state index in [1.807, 2.05) is 12.1 Å². The van der Waals surface area contributed by atoms with Gasteiger partial charge in [0.1, 0.15) is 6.04 Å². The third kappa shape index (κ3) is 4.54. The van der Waals surface area contributed by atoms with E-state index in [1.54, 1.807) is 72.8 Å². The van der Waals surface area contributed by atoms with E-state index in [1.165, 1.54) is 6.20 Å². The van der Waals surface area contributed by atoms with Gasteiger partial charge in [0.25, 0.3) is 5.91 Å². The van der Waals surface area contributed by atoms with Crippen LogP contribution in [-0.4, -0.2) is 33.8 Å². The summed E-state index contributed by atoms with van der Waals surface area (Å²) in [6, 6.07) is 23.3. The van der Waals surface area contributed by atoms with Gasteiger partial charge in [0.2, 0.25) is 0 Å². The van der Waals surface area contributed by atoms with E-state index >= 15 is 0 Å². The molecule has 0 saturated heterocycles. The fourth-order valence-corrected chi connectivity index (χ4v) is 3.51. The Hall–Kier alpha value is -4.32. The summed E-state index contributed by atoms with van der Waals surface area (Å²) >= 11 is 0. The van der Waals surface area contributed by atoms with Crippen LogP contribution in [0.25, 0.3) is 10.9 Å². The Morgan fingerprint density at radius 2 is 1.47 bits per heavy atom. The van der Waals surface area contributed by atoms with Crippen molar-refractivity contribution in [2.75, 3.05) is 0 Å². The molecule has 0 fully saturated rings. The van der Waals surface area contributed by atoms with E-state index in [0.29, 0.717) is 33.2 Å². The highest BCUT2D eigenvalue weighted by Gasteiger charge is 2.22. The second kappa shape index (κ2) is 9.22. The average Bonchev–Trinajstić information content (AvgIpc) is 2.83. The Bertz CT molecular complexity index is 1280. The highest BCUT2D eigenvalue weighted by Crippen LogP contribution is 2.17. The molecule has 0 radical (unpaired) electrons. The second-order valence-corrected chi connectivity index (χ2v) is 7.34. The molecule has 0 spiro atoms. The van der Waals surface area contributed by atoms with Gasteiger partial charge in [-0.05, 0) is 17.7 Å². The highest BCUT2D eigenvalue weighted by atomic mass is 16.4. The Morgan fingerprint density at radius 1 is 0.812 bits per heavy atom. The van der Waals surface area contributed by atoms with Crippen LogP contribution in [0.5, 0.6) is 0 Å². The van der Waals surface area contributed by atoms with Gasteiger partial charge in [-0.3, -0.25) is 14.6 Å². The zero-order chi connectivity index (χ0) is 22.5. The van der Waals surface area contributed by atoms with Gasteiger partial charge < -0.3 is 10.4 Å². The third-order valence-corrected chi connectivity index (χ3v) is 5.19. The number of pyridine rings is 1. The van der Waals surface area contributed by atoms with Crippen molar-refractivity contribution in [2.45, 2.75) is 12.5 Å². The summed E-state index contributed by atoms with van der Waals surface area (Å²) in [6.45, 7) is 0. The molecule has 0 unspecified atom stereocenters. The van der Waals surface area contributed by atoms with Crippen LogP contribution in [0.1, 0.15) is 31.8 Å². The van der Waals surface area contributed by atoms with E-state index in [0.717, 1.165) is 0 Å². The molecule has 2 N–H and O–H groups in total. The number of para-hydroxylation sites is 1. The zero-order valence-electron chi connectivity index (χ0n) is 17.1. The topological polar surface area (TPSA) is 96.4 Å². The van der Waals surface area contributed by atoms with Gasteiger partial charge in [-0.2, -0.15) is 0 Å². The number of amides is 1. The van der Waals surface area contributed by atoms with Crippen LogP contribution in [0.15, 0.2) is 91.1 Å². The molecule has 0 aliphatic heterocycles. The molecule has 4 rings (SSSR count). The molecule has 1 aromatic heterocycles. The average molecular weight is 424 g/mol. The summed E-state index contributed by atoms with van der Waals surface area (Å²) < 4.78 is 0. The van der Waals surface area contributed by atoms with E-state index in [4.69, 9.17) is 0 Å². The highest BCUT2D eigenvalue weighted by molar-refractivity contribution is 6.09. The number of hydrogen-bond acceptors (Lipinski definition) is 4. The van der Waals surface area contributed by atoms with Gasteiger partial charge >= 0.3 is 5.97 Å². The molecule has 6 nitrogen and oxygen atoms in total. The number of fused-ring (bicyclic) bond motifs is 1. The number of benzene rings is 3. The minimum absolute atomic E-state index is 0.0872. The number of carboxylic acid groups (broad SMARTS) is 1. The molecule has 3 aromatic carbocycles. The van der Waals surface area contributed by atoms with Gasteiger partial charge in [-0.1, -0.05) is 72.8 Å². The number of carboxylic acids is 1. The zero-order valence-corrected chi connectivity index (χ0v) is 17.1. The van der Waals surface area contributed by atoms with Crippen molar-refractivity contribution < 1.29 is 19.5 Å². The smallest absolute Gasteiger partial charge is 0.326 e. The van der Waals surface area contributed by atoms with E-state index in [2.05, 4.69) is 10.3 Å². The van der Waals surface area contributed by atoms with Gasteiger partial charge in [-0.25, -0.2) is 4.79 Å². The van der Waals surface area contributed by atoms with Crippen molar-refractivity contribution in [3.63, 3.8) is 0 Å². The third-order valence-electron chi connectivity index (χ3n) is 5.19. The molecule has 0 saturated carbocycles. The van der Waals surface area contributed by atoms with Crippen LogP contribution in [0.4, 0.5) is 0 Å². The lowest BCUT2D eigenvalue weighted by Crippen LogP contribution is -2.42. The summed E-state index contributed by atoms with van der Waals surface area (Å²) in [5, 5.41) is 12.9. The molecule has 4 aromatic rings. The molecular formula is C26H20N2O4. The molecular weight excluding hydrogens is 404 g/mol. The Balaban J connectivity index is 1.49. The predicted molar refractivity (Wildman–Crippen MR) is 121 cm³/mol. The standard InChI is InChI=1S/C26H20N2O4/c29-24(18-6-2-1-3-7-18)19-12-10-17(11-13-19)16-23(26(31)32)28-25(30)21-14-15-27-22-9-5-4-8-20(21)22/h1-15,23H,16H2,(H,28,30)(H,31,32)/t23-/m0/s1. The van der Waals surface area contributed by atoms with Crippen molar-refractivity contribution in [1.82, 2.24) is 10.3 Å². The number of nitrogens with zero attached hydrogens (tertiary/aromatic N) is 1. The van der Waals surface area contributed by atoms with Crippen molar-refractivity contribution in [2.24, 2.45) is 0 Å². The largest absolute Gasteiger partial charge is 0.480 e. The number of carbonyl (C=O) groups excluding carboxylic acids is 2. The molecule has 0 bridgehead atoms. The number of carbonyl (C=O) groups is 3. The maximum atomic E-state index is 12.8. The van der Waals surface area contributed by atoms with Crippen LogP contribution in [0.2, 0.25) is 0 Å². The summed E-state index contributed by atoms with van der Waals surface area (Å²) in [6.07, 6.45) is 1.61. The van der Waals surface area contributed by atoms with E-state index < -0.39 is 17.9 Å². The van der Waals surface area contributed by atoms with Crippen LogP contribution < -0.4 is 5.32 Å². The molecule has 1 heterocycles. The number of hydrogen-bond donors (Lipinski definition) is 2. The molecule has 0 aliphatic carbocycles. The lowest BCUT2D eigenvalue weighted by atomic mass is 9.99. The number of rotatable bonds is 7. The van der Waals surface area contributed by atoms with E-state index in [9.17, 15) is 19.5 Å². The first-order valence-corrected chi connectivity index (χ1v) is 10.1. The van der Waals surface area contributed by atoms with Crippen LogP contribution in [-0.2, 0) is 11.2 Å². The number of aromatic nitrogens is 1. The predicted octanol–water partition coefficient (Wildman–Crippen LogP) is 3.89. The first-order chi connectivity index (χ1) is 15.5. The molecule has 32 heavy (non-hydrogen) atoms. The minimum atomic E-state index is -1.14. The van der Waals surface area contributed by atoms with Crippen LogP contribution in [0, 0.1) is 0 Å². The molecule has 6 heteroatoms. The van der Waals surface area contributed by atoms with Crippen LogP contribution in [0.3, 0.4) is 0 Å². The number of aliphatic carboxylic acids is 1. The van der Waals surface area contributed by atoms with E-state index in [-0.39, 0.29) is 12.2 Å². The van der Waals surface area contributed by atoms with Crippen LogP contribution >= 0.6 is 0 Å². The lowest BCUT2D eigenvalue weighted by molar-refractivity contribution is -0.139. The SMILES string of the molecule is O=C(c1ccccc1)c1ccc(C[C@H](NC(=O)c2ccnc3ccccc23)C(=O)O)cc1. The van der Waals surface area contributed by atoms with Crippen molar-refractivity contribution in [1.29, 1.82) is 0 Å². The maximum Gasteiger partial charge on any atom is 0.326 e. The van der Waals surface area contributed by atoms with Gasteiger partial charge in [0.05, 0.1) is 11.1 Å². The van der Waals surface area contributed by atoms with Gasteiger partial charge in [-0.15, -0.1) is 0 Å². The van der Waals surface area contributed by atoms with Crippen molar-refractivity contribution in [3.8, 4) is 0 Å². The fraction of sp³-hybridized carbons (Fsp3) is 0.0769. The monoisotopic (exact) mass is 424 g/mol. The van der Waals surface area contributed by atoms with Gasteiger partial charge in [0, 0.05) is 29.1 Å². The summed E-state index contributed by atoms with van der Waals surface area (Å²) in [7, 11) is 0. The minimum Gasteiger partial charge on any atom is -0.480 e. The maximum absolute atomic E-state index is 12.8. The Kier molecular flexibility index (Phi) is 6.03. The summed E-state index contributed by atoms with van der Waals surface area (Å²) in [5.41, 5.74) is 2.82. The van der Waals surface area contributed by atoms with Crippen molar-refractivity contribution in [3.05, 3.63) is 113 Å². The fourth-order valence-electron chi connectivity index (χ4n) is 3.51. The number of nitrogens with one attached hydrogen (secondary N) is 1. The second-order valence-electron chi connectivity index (χ2n) is 7.34. The molecule has 158 valence electrons. The normalized spacial score (nSPS) is 11.6. The quantitative estimate of drug-likeness (QED) is 0.439. The Labute approximate surface area is 184 Å².